The zero-order chi connectivity index (χ0) is 10.4. The molecule has 1 aliphatic rings. The van der Waals surface area contributed by atoms with E-state index in [4.69, 9.17) is 20.1 Å². The summed E-state index contributed by atoms with van der Waals surface area (Å²) in [6, 6.07) is 0. The molecule has 0 amide bonds. The molecule has 4 atom stereocenters. The number of aliphatic hydroxyl groups excluding tert-OH is 3. The first kappa shape index (κ1) is 13.0. The smallest absolute Gasteiger partial charge is 0.111 e. The van der Waals surface area contributed by atoms with Gasteiger partial charge in [-0.05, 0) is 6.92 Å². The minimum atomic E-state index is -0.944. The Morgan fingerprint density at radius 2 is 1.77 bits per heavy atom. The van der Waals surface area contributed by atoms with E-state index in [1.807, 2.05) is 0 Å². The Hall–Kier alpha value is 0.0348. The SMILES string of the molecule is C[C@@H]1O[C@H](CO)C(O)[C@H]1O.[BH][B][BH]. The van der Waals surface area contributed by atoms with Gasteiger partial charge in [0, 0.05) is 22.5 Å². The Labute approximate surface area is 81.3 Å². The van der Waals surface area contributed by atoms with Crippen LogP contribution in [0.25, 0.3) is 0 Å². The van der Waals surface area contributed by atoms with E-state index in [9.17, 15) is 0 Å². The third kappa shape index (κ3) is 3.73. The zero-order valence-corrected chi connectivity index (χ0v) is 7.76. The molecular weight excluding hydrogens is 168 g/mol. The number of hydrogen-bond acceptors (Lipinski definition) is 4. The lowest BCUT2D eigenvalue weighted by Crippen LogP contribution is -2.33. The van der Waals surface area contributed by atoms with E-state index in [-0.39, 0.29) is 12.7 Å². The van der Waals surface area contributed by atoms with Gasteiger partial charge in [-0.15, -0.1) is 0 Å². The van der Waals surface area contributed by atoms with E-state index in [1.54, 1.807) is 6.92 Å². The highest BCUT2D eigenvalue weighted by molar-refractivity contribution is 7.17. The lowest BCUT2D eigenvalue weighted by atomic mass is 9.40. The average Bonchev–Trinajstić information content (AvgIpc) is 2.34. The van der Waals surface area contributed by atoms with Gasteiger partial charge in [-0.25, -0.2) is 0 Å². The van der Waals surface area contributed by atoms with Gasteiger partial charge in [0.1, 0.15) is 18.3 Å². The van der Waals surface area contributed by atoms with E-state index in [0.29, 0.717) is 0 Å². The fourth-order valence-corrected chi connectivity index (χ4v) is 1.09. The monoisotopic (exact) mass is 183 g/mol. The average molecular weight is 183 g/mol. The molecule has 1 saturated heterocycles. The second-order valence-corrected chi connectivity index (χ2v) is 2.83. The maximum Gasteiger partial charge on any atom is 0.111 e. The van der Waals surface area contributed by atoms with Crippen molar-refractivity contribution < 1.29 is 20.1 Å². The van der Waals surface area contributed by atoms with Gasteiger partial charge in [-0.1, -0.05) is 0 Å². The molecular formula is C6H14B3O4. The first-order chi connectivity index (χ1) is 6.08. The molecule has 1 unspecified atom stereocenters. The second kappa shape index (κ2) is 6.48. The van der Waals surface area contributed by atoms with Gasteiger partial charge in [0.05, 0.1) is 12.7 Å². The minimum absolute atomic E-state index is 0.247. The summed E-state index contributed by atoms with van der Waals surface area (Å²) < 4.78 is 4.98. The first-order valence-electron chi connectivity index (χ1n) is 4.11. The molecule has 0 aromatic heterocycles. The molecule has 1 fully saturated rings. The summed E-state index contributed by atoms with van der Waals surface area (Å²) in [5, 5.41) is 26.8. The van der Waals surface area contributed by atoms with E-state index < -0.39 is 18.3 Å². The van der Waals surface area contributed by atoms with Crippen LogP contribution in [0.3, 0.4) is 0 Å². The molecule has 71 valence electrons. The van der Waals surface area contributed by atoms with Crippen molar-refractivity contribution in [1.29, 1.82) is 0 Å². The maximum absolute atomic E-state index is 9.09. The minimum Gasteiger partial charge on any atom is -0.394 e. The standard InChI is InChI=1S/C6H12O4.B3H2/c1-3-5(8)6(9)4(2-7)10-3;1-3-2/h3-9H,2H2,1H3;1-2H/t3-,4+,5-,6?;/m0./s1. The third-order valence-corrected chi connectivity index (χ3v) is 1.78. The molecule has 0 aromatic carbocycles. The van der Waals surface area contributed by atoms with Crippen LogP contribution < -0.4 is 0 Å². The normalized spacial score (nSPS) is 37.8. The summed E-state index contributed by atoms with van der Waals surface area (Å²) in [7, 11) is 8.00. The van der Waals surface area contributed by atoms with Crippen LogP contribution >= 0.6 is 0 Å². The Kier molecular flexibility index (Phi) is 6.50. The molecule has 1 heterocycles. The van der Waals surface area contributed by atoms with Gasteiger partial charge in [-0.2, -0.15) is 0 Å². The quantitative estimate of drug-likeness (QED) is 0.374. The highest BCUT2D eigenvalue weighted by Gasteiger charge is 2.39. The first-order valence-corrected chi connectivity index (χ1v) is 4.11. The van der Waals surface area contributed by atoms with Crippen LogP contribution in [0.1, 0.15) is 6.92 Å². The maximum atomic E-state index is 9.09. The van der Waals surface area contributed by atoms with Crippen molar-refractivity contribution in [2.45, 2.75) is 31.3 Å². The van der Waals surface area contributed by atoms with Crippen molar-refractivity contribution >= 4 is 22.5 Å². The largest absolute Gasteiger partial charge is 0.394 e. The highest BCUT2D eigenvalue weighted by Crippen LogP contribution is 2.19. The number of rotatable bonds is 1. The molecule has 0 bridgehead atoms. The van der Waals surface area contributed by atoms with Crippen molar-refractivity contribution in [3.63, 3.8) is 0 Å². The molecule has 1 aliphatic heterocycles. The second-order valence-electron chi connectivity index (χ2n) is 2.83. The predicted octanol–water partition coefficient (Wildman–Crippen LogP) is -3.19. The molecule has 1 rings (SSSR count). The summed E-state index contributed by atoms with van der Waals surface area (Å²) in [5.41, 5.74) is 0. The molecule has 0 aromatic rings. The van der Waals surface area contributed by atoms with Crippen LogP contribution in [0.4, 0.5) is 0 Å². The Morgan fingerprint density at radius 3 is 1.92 bits per heavy atom. The molecule has 0 spiro atoms. The van der Waals surface area contributed by atoms with Crippen LogP contribution in [0.15, 0.2) is 0 Å². The van der Waals surface area contributed by atoms with Crippen LogP contribution in [0, 0.1) is 0 Å². The van der Waals surface area contributed by atoms with Crippen molar-refractivity contribution in [2.24, 2.45) is 0 Å². The van der Waals surface area contributed by atoms with Crippen molar-refractivity contribution in [3.8, 4) is 0 Å². The molecule has 13 heavy (non-hydrogen) atoms. The number of ether oxygens (including phenoxy) is 1. The predicted molar refractivity (Wildman–Crippen MR) is 53.5 cm³/mol. The van der Waals surface area contributed by atoms with E-state index in [2.05, 4.69) is 15.5 Å². The summed E-state index contributed by atoms with van der Waals surface area (Å²) in [6.07, 6.45) is -2.81. The van der Waals surface area contributed by atoms with Crippen molar-refractivity contribution in [2.75, 3.05) is 6.61 Å². The van der Waals surface area contributed by atoms with Crippen molar-refractivity contribution in [1.82, 2.24) is 0 Å². The fraction of sp³-hybridized carbons (Fsp3) is 1.00. The van der Waals surface area contributed by atoms with Crippen LogP contribution in [-0.4, -0.2) is 68.9 Å². The van der Waals surface area contributed by atoms with Crippen molar-refractivity contribution in [3.05, 3.63) is 0 Å². The van der Waals surface area contributed by atoms with Gasteiger partial charge < -0.3 is 20.1 Å². The van der Waals surface area contributed by atoms with E-state index in [1.165, 1.54) is 7.06 Å². The molecule has 4 nitrogen and oxygen atoms in total. The molecule has 0 saturated carbocycles. The Bertz CT molecular complexity index is 137. The number of aliphatic hydroxyl groups is 3. The third-order valence-electron chi connectivity index (χ3n) is 1.78. The molecule has 3 N–H and O–H groups in total. The van der Waals surface area contributed by atoms with E-state index >= 15 is 0 Å². The van der Waals surface area contributed by atoms with Gasteiger partial charge >= 0.3 is 0 Å². The summed E-state index contributed by atoms with van der Waals surface area (Å²) in [4.78, 5) is 0. The highest BCUT2D eigenvalue weighted by atomic mass is 16.5. The van der Waals surface area contributed by atoms with Gasteiger partial charge in [0.25, 0.3) is 0 Å². The lowest BCUT2D eigenvalue weighted by Gasteiger charge is -2.10. The molecule has 0 aliphatic carbocycles. The van der Waals surface area contributed by atoms with Crippen LogP contribution in [-0.2, 0) is 4.74 Å². The summed E-state index contributed by atoms with van der Waals surface area (Å²) in [5.74, 6) is 0. The Balaban J connectivity index is 0.000000424. The van der Waals surface area contributed by atoms with Gasteiger partial charge in [0.2, 0.25) is 0 Å². The van der Waals surface area contributed by atoms with Gasteiger partial charge in [-0.3, -0.25) is 0 Å². The topological polar surface area (TPSA) is 69.9 Å². The summed E-state index contributed by atoms with van der Waals surface area (Å²) in [6.45, 7) is 1.41. The molecule has 7 heteroatoms. The Morgan fingerprint density at radius 1 is 1.31 bits per heavy atom. The number of hydrogen-bond donors (Lipinski definition) is 3. The van der Waals surface area contributed by atoms with Crippen LogP contribution in [0.5, 0.6) is 0 Å². The lowest BCUT2D eigenvalue weighted by molar-refractivity contribution is -0.0171. The van der Waals surface area contributed by atoms with E-state index in [0.717, 1.165) is 0 Å². The fourth-order valence-electron chi connectivity index (χ4n) is 1.09. The molecule has 3 radical (unpaired) electrons. The van der Waals surface area contributed by atoms with Crippen LogP contribution in [0.2, 0.25) is 0 Å². The zero-order valence-electron chi connectivity index (χ0n) is 7.76. The van der Waals surface area contributed by atoms with Gasteiger partial charge in [0.15, 0.2) is 0 Å². The summed E-state index contributed by atoms with van der Waals surface area (Å²) >= 11 is 0.